The Hall–Kier alpha value is -2.41. The molecule has 0 aliphatic heterocycles. The summed E-state index contributed by atoms with van der Waals surface area (Å²) < 4.78 is 11.1. The molecule has 3 rings (SSSR count). The fraction of sp³-hybridized carbons (Fsp3) is 0.533. The van der Waals surface area contributed by atoms with Crippen LogP contribution in [0.2, 0.25) is 0 Å². The Morgan fingerprint density at radius 2 is 1.78 bits per heavy atom. The van der Waals surface area contributed by atoms with Gasteiger partial charge in [0.1, 0.15) is 0 Å². The van der Waals surface area contributed by atoms with Gasteiger partial charge in [0.15, 0.2) is 0 Å². The Bertz CT molecular complexity index is 1030. The normalized spacial score (nSPS) is 16.7. The first-order valence-electron chi connectivity index (χ1n) is 13.5. The molecule has 1 aromatic carbocycles. The number of hydrogen-bond acceptors (Lipinski definition) is 5. The molecule has 1 amide bonds. The number of nitrogens with two attached hydrogens (primary N) is 1. The summed E-state index contributed by atoms with van der Waals surface area (Å²) in [6.45, 7) is 7.97. The molecule has 7 heteroatoms. The summed E-state index contributed by atoms with van der Waals surface area (Å²) in [7, 11) is 0. The average molecular weight is 528 g/mol. The van der Waals surface area contributed by atoms with E-state index in [-0.39, 0.29) is 11.3 Å². The highest BCUT2D eigenvalue weighted by molar-refractivity contribution is 6.17. The lowest BCUT2D eigenvalue weighted by molar-refractivity contribution is -0.121. The van der Waals surface area contributed by atoms with Crippen molar-refractivity contribution in [3.8, 4) is 0 Å². The zero-order valence-corrected chi connectivity index (χ0v) is 23.1. The van der Waals surface area contributed by atoms with E-state index in [1.165, 1.54) is 22.3 Å². The first kappa shape index (κ1) is 29.2. The van der Waals surface area contributed by atoms with Crippen molar-refractivity contribution in [2.45, 2.75) is 57.8 Å². The van der Waals surface area contributed by atoms with Crippen molar-refractivity contribution in [2.24, 2.45) is 4.99 Å². The number of benzene rings is 1. The lowest BCUT2D eigenvalue weighted by Crippen LogP contribution is -2.28. The molecule has 0 aromatic heterocycles. The van der Waals surface area contributed by atoms with Crippen molar-refractivity contribution in [1.29, 1.82) is 0 Å². The van der Waals surface area contributed by atoms with Gasteiger partial charge in [-0.25, -0.2) is 0 Å². The molecule has 0 atom stereocenters. The molecule has 0 saturated carbocycles. The number of carbonyl (C=O) groups is 1. The summed E-state index contributed by atoms with van der Waals surface area (Å²) in [6.07, 6.45) is 14.2. The number of hydrogen-bond donors (Lipinski definition) is 2. The standard InChI is InChI=1S/C30H42ClN3O3/c1-30(2)27-21-25(32)11-9-23(27)20-24-10-12-26(22-28(24)30)33-14-7-8-29(35)34-15-17-37-19-18-36-16-6-4-3-5-13-31/h9-12,20-22H,3-8,13-19,32H2,1-2H3,(H,34,35). The quantitative estimate of drug-likeness (QED) is 0.166. The predicted molar refractivity (Wildman–Crippen MR) is 154 cm³/mol. The molecule has 37 heavy (non-hydrogen) atoms. The maximum absolute atomic E-state index is 12.1. The summed E-state index contributed by atoms with van der Waals surface area (Å²) in [6, 6.07) is 6.11. The van der Waals surface area contributed by atoms with E-state index in [0.717, 1.165) is 49.6 Å². The lowest BCUT2D eigenvalue weighted by Gasteiger charge is -2.36. The Kier molecular flexibility index (Phi) is 11.9. The number of aliphatic imine (C=N–C) groups is 1. The number of fused-ring (bicyclic) bond motifs is 2. The molecular formula is C30H42ClN3O3. The number of nitrogens with one attached hydrogen (secondary N) is 1. The maximum Gasteiger partial charge on any atom is 0.220 e. The average Bonchev–Trinajstić information content (AvgIpc) is 2.88. The molecule has 6 nitrogen and oxygen atoms in total. The lowest BCUT2D eigenvalue weighted by atomic mass is 9.67. The molecule has 202 valence electrons. The summed E-state index contributed by atoms with van der Waals surface area (Å²) in [5, 5.41) is 2.91. The van der Waals surface area contributed by atoms with Gasteiger partial charge < -0.3 is 20.5 Å². The van der Waals surface area contributed by atoms with Crippen molar-refractivity contribution >= 4 is 35.0 Å². The van der Waals surface area contributed by atoms with Crippen molar-refractivity contribution < 1.29 is 14.3 Å². The van der Waals surface area contributed by atoms with Crippen molar-refractivity contribution in [3.05, 3.63) is 58.7 Å². The largest absolute Gasteiger partial charge is 0.399 e. The second-order valence-corrected chi connectivity index (χ2v) is 10.4. The maximum atomic E-state index is 12.1. The number of rotatable bonds is 16. The number of unbranched alkanes of at least 4 members (excludes halogenated alkanes) is 3. The van der Waals surface area contributed by atoms with Gasteiger partial charge in [0.05, 0.1) is 25.5 Å². The third-order valence-electron chi connectivity index (χ3n) is 6.74. The zero-order chi connectivity index (χ0) is 26.5. The number of nitrogen functional groups attached to an aromatic ring is 1. The van der Waals surface area contributed by atoms with Gasteiger partial charge >= 0.3 is 0 Å². The monoisotopic (exact) mass is 527 g/mol. The van der Waals surface area contributed by atoms with Gasteiger partial charge in [-0.2, -0.15) is 0 Å². The molecule has 2 aliphatic carbocycles. The molecule has 0 heterocycles. The third-order valence-corrected chi connectivity index (χ3v) is 7.01. The fourth-order valence-corrected chi connectivity index (χ4v) is 4.83. The van der Waals surface area contributed by atoms with E-state index in [4.69, 9.17) is 31.8 Å². The second-order valence-electron chi connectivity index (χ2n) is 10.1. The SMILES string of the molecule is CC1(C)C2=CC(=NCCCC(=O)NCCOCCOCCCCCCCl)C=CC2=Cc2ccc(N)cc21. The third kappa shape index (κ3) is 9.13. The van der Waals surface area contributed by atoms with Crippen LogP contribution in [0, 0.1) is 0 Å². The van der Waals surface area contributed by atoms with Gasteiger partial charge in [-0.05, 0) is 71.9 Å². The van der Waals surface area contributed by atoms with E-state index < -0.39 is 0 Å². The molecule has 0 saturated heterocycles. The van der Waals surface area contributed by atoms with Crippen LogP contribution in [0.3, 0.4) is 0 Å². The molecule has 2 aliphatic rings. The Morgan fingerprint density at radius 1 is 1.00 bits per heavy atom. The van der Waals surface area contributed by atoms with E-state index in [1.807, 2.05) is 6.07 Å². The predicted octanol–water partition coefficient (Wildman–Crippen LogP) is 5.61. The summed E-state index contributed by atoms with van der Waals surface area (Å²) in [5.41, 5.74) is 12.5. The number of amides is 1. The highest BCUT2D eigenvalue weighted by Gasteiger charge is 2.33. The molecule has 3 N–H and O–H groups in total. The Balaban J connectivity index is 1.30. The number of nitrogens with zero attached hydrogens (tertiary/aromatic N) is 1. The van der Waals surface area contributed by atoms with Gasteiger partial charge in [0, 0.05) is 43.1 Å². The van der Waals surface area contributed by atoms with Crippen molar-refractivity contribution in [1.82, 2.24) is 5.32 Å². The summed E-state index contributed by atoms with van der Waals surface area (Å²) in [4.78, 5) is 16.8. The van der Waals surface area contributed by atoms with E-state index in [1.54, 1.807) is 0 Å². The number of halogens is 1. The minimum absolute atomic E-state index is 0.0300. The van der Waals surface area contributed by atoms with Crippen LogP contribution in [0.5, 0.6) is 0 Å². The van der Waals surface area contributed by atoms with Crippen molar-refractivity contribution in [3.63, 3.8) is 0 Å². The fourth-order valence-electron chi connectivity index (χ4n) is 4.64. The molecular weight excluding hydrogens is 486 g/mol. The van der Waals surface area contributed by atoms with E-state index in [0.29, 0.717) is 45.8 Å². The summed E-state index contributed by atoms with van der Waals surface area (Å²) in [5.74, 6) is 0.766. The Labute approximate surface area is 227 Å². The van der Waals surface area contributed by atoms with Crippen LogP contribution in [0.1, 0.15) is 63.5 Å². The van der Waals surface area contributed by atoms with E-state index in [9.17, 15) is 4.79 Å². The van der Waals surface area contributed by atoms with Gasteiger partial charge in [0.25, 0.3) is 0 Å². The van der Waals surface area contributed by atoms with Crippen LogP contribution in [-0.2, 0) is 19.7 Å². The van der Waals surface area contributed by atoms with Gasteiger partial charge in [-0.15, -0.1) is 11.6 Å². The van der Waals surface area contributed by atoms with Crippen LogP contribution < -0.4 is 11.1 Å². The van der Waals surface area contributed by atoms with Gasteiger partial charge in [0.2, 0.25) is 5.91 Å². The smallest absolute Gasteiger partial charge is 0.220 e. The minimum atomic E-state index is -0.154. The number of anilines is 1. The van der Waals surface area contributed by atoms with Gasteiger partial charge in [-0.1, -0.05) is 38.8 Å². The minimum Gasteiger partial charge on any atom is -0.399 e. The van der Waals surface area contributed by atoms with Crippen LogP contribution in [0.25, 0.3) is 6.08 Å². The van der Waals surface area contributed by atoms with Crippen LogP contribution in [0.4, 0.5) is 5.69 Å². The van der Waals surface area contributed by atoms with Gasteiger partial charge in [-0.3, -0.25) is 9.79 Å². The molecule has 1 aromatic rings. The Morgan fingerprint density at radius 3 is 2.59 bits per heavy atom. The van der Waals surface area contributed by atoms with Crippen LogP contribution in [-0.4, -0.2) is 57.0 Å². The first-order valence-corrected chi connectivity index (χ1v) is 14.0. The topological polar surface area (TPSA) is 85.9 Å². The molecule has 0 radical (unpaired) electrons. The number of alkyl halides is 1. The van der Waals surface area contributed by atoms with Crippen molar-refractivity contribution in [2.75, 3.05) is 51.1 Å². The zero-order valence-electron chi connectivity index (χ0n) is 22.4. The van der Waals surface area contributed by atoms with E-state index in [2.05, 4.69) is 55.6 Å². The molecule has 0 fully saturated rings. The number of carbonyl (C=O) groups excluding carboxylic acids is 1. The first-order chi connectivity index (χ1) is 17.9. The number of allylic oxidation sites excluding steroid dienone is 5. The summed E-state index contributed by atoms with van der Waals surface area (Å²) >= 11 is 5.66. The van der Waals surface area contributed by atoms with Crippen LogP contribution >= 0.6 is 11.6 Å². The highest BCUT2D eigenvalue weighted by atomic mass is 35.5. The number of ether oxygens (including phenoxy) is 2. The molecule has 0 unspecified atom stereocenters. The highest BCUT2D eigenvalue weighted by Crippen LogP contribution is 2.44. The second kappa shape index (κ2) is 15.1. The van der Waals surface area contributed by atoms with Crippen LogP contribution in [0.15, 0.2) is 52.6 Å². The molecule has 0 spiro atoms. The van der Waals surface area contributed by atoms with E-state index >= 15 is 0 Å². The molecule has 0 bridgehead atoms.